The first-order valence-electron chi connectivity index (χ1n) is 11.6. The Morgan fingerprint density at radius 1 is 0.658 bits per heavy atom. The number of hydrogen-bond acceptors (Lipinski definition) is 8. The van der Waals surface area contributed by atoms with Crippen LogP contribution >= 0.6 is 0 Å². The van der Waals surface area contributed by atoms with E-state index >= 15 is 0 Å². The number of benzene rings is 3. The van der Waals surface area contributed by atoms with E-state index in [2.05, 4.69) is 0 Å². The summed E-state index contributed by atoms with van der Waals surface area (Å²) in [5, 5.41) is 0. The number of methoxy groups -OCH3 is 5. The van der Waals surface area contributed by atoms with Crippen LogP contribution in [0.5, 0.6) is 23.0 Å². The number of imide groups is 1. The molecule has 38 heavy (non-hydrogen) atoms. The van der Waals surface area contributed by atoms with Crippen molar-refractivity contribution in [1.29, 1.82) is 0 Å². The van der Waals surface area contributed by atoms with Crippen LogP contribution in [-0.2, 0) is 9.53 Å². The summed E-state index contributed by atoms with van der Waals surface area (Å²) in [4.78, 5) is 40.7. The first-order chi connectivity index (χ1) is 18.4. The van der Waals surface area contributed by atoms with Gasteiger partial charge in [-0.05, 0) is 47.5 Å². The number of amides is 2. The molecule has 0 unspecified atom stereocenters. The van der Waals surface area contributed by atoms with Gasteiger partial charge in [0, 0.05) is 5.57 Å². The van der Waals surface area contributed by atoms with Gasteiger partial charge in [0.1, 0.15) is 0 Å². The summed E-state index contributed by atoms with van der Waals surface area (Å²) in [6.45, 7) is -0.322. The molecule has 0 aromatic heterocycles. The van der Waals surface area contributed by atoms with Gasteiger partial charge >= 0.3 is 5.97 Å². The normalized spacial score (nSPS) is 12.1. The molecule has 0 saturated heterocycles. The highest BCUT2D eigenvalue weighted by Gasteiger charge is 2.37. The predicted octanol–water partition coefficient (Wildman–Crippen LogP) is 3.99. The molecule has 0 aliphatic carbocycles. The van der Waals surface area contributed by atoms with E-state index in [9.17, 15) is 14.4 Å². The average molecular weight is 518 g/mol. The van der Waals surface area contributed by atoms with Crippen molar-refractivity contribution in [1.82, 2.24) is 4.90 Å². The largest absolute Gasteiger partial charge is 0.493 e. The summed E-state index contributed by atoms with van der Waals surface area (Å²) < 4.78 is 26.9. The average Bonchev–Trinajstić information content (AvgIpc) is 3.20. The maximum Gasteiger partial charge on any atom is 0.336 e. The van der Waals surface area contributed by atoms with Crippen molar-refractivity contribution >= 4 is 23.4 Å². The third-order valence-electron chi connectivity index (χ3n) is 6.27. The second-order valence-corrected chi connectivity index (χ2v) is 8.23. The highest BCUT2D eigenvalue weighted by Crippen LogP contribution is 2.38. The monoisotopic (exact) mass is 517 g/mol. The summed E-state index contributed by atoms with van der Waals surface area (Å²) in [6.07, 6.45) is 0. The van der Waals surface area contributed by atoms with Crippen LogP contribution < -0.4 is 18.9 Å². The lowest BCUT2D eigenvalue weighted by Crippen LogP contribution is -2.34. The summed E-state index contributed by atoms with van der Waals surface area (Å²) in [5.74, 6) is 0.129. The molecule has 9 heteroatoms. The first kappa shape index (κ1) is 26.3. The molecule has 9 nitrogen and oxygen atoms in total. The smallest absolute Gasteiger partial charge is 0.336 e. The number of rotatable bonds is 9. The van der Waals surface area contributed by atoms with Gasteiger partial charge in [-0.15, -0.1) is 0 Å². The molecule has 0 atom stereocenters. The van der Waals surface area contributed by atoms with Crippen LogP contribution in [0.1, 0.15) is 31.8 Å². The number of carbonyl (C=O) groups is 3. The molecule has 0 fully saturated rings. The molecule has 196 valence electrons. The Labute approximate surface area is 220 Å². The molecular weight excluding hydrogens is 490 g/mol. The highest BCUT2D eigenvalue weighted by atomic mass is 16.5. The fourth-order valence-electron chi connectivity index (χ4n) is 4.41. The molecule has 3 aromatic rings. The molecule has 0 spiro atoms. The minimum Gasteiger partial charge on any atom is -0.493 e. The molecule has 0 bridgehead atoms. The van der Waals surface area contributed by atoms with Crippen molar-refractivity contribution in [2.75, 3.05) is 42.1 Å². The zero-order valence-electron chi connectivity index (χ0n) is 21.7. The van der Waals surface area contributed by atoms with Crippen LogP contribution in [0.2, 0.25) is 0 Å². The fourth-order valence-corrected chi connectivity index (χ4v) is 4.41. The van der Waals surface area contributed by atoms with E-state index in [-0.39, 0.29) is 23.2 Å². The Kier molecular flexibility index (Phi) is 7.66. The Morgan fingerprint density at radius 3 is 1.50 bits per heavy atom. The van der Waals surface area contributed by atoms with Crippen molar-refractivity contribution in [2.24, 2.45) is 0 Å². The van der Waals surface area contributed by atoms with E-state index in [1.54, 1.807) is 60.7 Å². The summed E-state index contributed by atoms with van der Waals surface area (Å²) in [6, 6.07) is 16.8. The lowest BCUT2D eigenvalue weighted by Gasteiger charge is -2.21. The molecular formula is C29H27NO8. The van der Waals surface area contributed by atoms with Gasteiger partial charge in [-0.3, -0.25) is 14.5 Å². The standard InChI is InChI=1S/C29H27NO8/c1-34-22-12-10-17(14-24(22)36-3)26(18-11-13-23(35-2)25(15-18)37-4)21(29(33)38-5)16-30-27(31)19-8-6-7-9-20(19)28(30)32/h6-15H,16H2,1-5H3. The van der Waals surface area contributed by atoms with Crippen molar-refractivity contribution < 1.29 is 38.1 Å². The summed E-state index contributed by atoms with van der Waals surface area (Å²) in [7, 11) is 7.28. The molecule has 0 saturated carbocycles. The summed E-state index contributed by atoms with van der Waals surface area (Å²) >= 11 is 0. The number of nitrogens with zero attached hydrogens (tertiary/aromatic N) is 1. The van der Waals surface area contributed by atoms with Gasteiger partial charge in [-0.25, -0.2) is 4.79 Å². The second kappa shape index (κ2) is 11.1. The van der Waals surface area contributed by atoms with Gasteiger partial charge < -0.3 is 23.7 Å². The van der Waals surface area contributed by atoms with E-state index in [0.29, 0.717) is 39.7 Å². The number of carbonyl (C=O) groups excluding carboxylic acids is 3. The van der Waals surface area contributed by atoms with Gasteiger partial charge in [0.05, 0.1) is 58.8 Å². The van der Waals surface area contributed by atoms with Gasteiger partial charge in [-0.2, -0.15) is 0 Å². The quantitative estimate of drug-likeness (QED) is 0.239. The fraction of sp³-hybridized carbons (Fsp3) is 0.207. The molecule has 1 aliphatic heterocycles. The first-order valence-corrected chi connectivity index (χ1v) is 11.6. The Balaban J connectivity index is 1.97. The van der Waals surface area contributed by atoms with Crippen LogP contribution in [0.3, 0.4) is 0 Å². The van der Waals surface area contributed by atoms with Crippen LogP contribution in [-0.4, -0.2) is 64.8 Å². The molecule has 2 amide bonds. The van der Waals surface area contributed by atoms with E-state index in [1.807, 2.05) is 0 Å². The van der Waals surface area contributed by atoms with E-state index < -0.39 is 17.8 Å². The number of ether oxygens (including phenoxy) is 5. The lowest BCUT2D eigenvalue weighted by atomic mass is 9.91. The Bertz CT molecular complexity index is 1350. The Hall–Kier alpha value is -4.79. The van der Waals surface area contributed by atoms with Gasteiger partial charge in [0.2, 0.25) is 0 Å². The molecule has 0 radical (unpaired) electrons. The van der Waals surface area contributed by atoms with Crippen molar-refractivity contribution in [3.8, 4) is 23.0 Å². The third-order valence-corrected chi connectivity index (χ3v) is 6.27. The predicted molar refractivity (Wildman–Crippen MR) is 139 cm³/mol. The van der Waals surface area contributed by atoms with Gasteiger partial charge in [-0.1, -0.05) is 24.3 Å². The van der Waals surface area contributed by atoms with Gasteiger partial charge in [0.25, 0.3) is 11.8 Å². The minimum atomic E-state index is -0.707. The van der Waals surface area contributed by atoms with Crippen molar-refractivity contribution in [3.63, 3.8) is 0 Å². The zero-order chi connectivity index (χ0) is 27.4. The van der Waals surface area contributed by atoms with Crippen molar-refractivity contribution in [3.05, 3.63) is 88.5 Å². The van der Waals surface area contributed by atoms with Crippen molar-refractivity contribution in [2.45, 2.75) is 0 Å². The van der Waals surface area contributed by atoms with Crippen LogP contribution in [0.15, 0.2) is 66.2 Å². The second-order valence-electron chi connectivity index (χ2n) is 8.23. The molecule has 1 heterocycles. The maximum absolute atomic E-state index is 13.3. The lowest BCUT2D eigenvalue weighted by molar-refractivity contribution is -0.136. The van der Waals surface area contributed by atoms with Crippen LogP contribution in [0.4, 0.5) is 0 Å². The molecule has 3 aromatic carbocycles. The highest BCUT2D eigenvalue weighted by molar-refractivity contribution is 6.22. The Morgan fingerprint density at radius 2 is 1.11 bits per heavy atom. The molecule has 4 rings (SSSR count). The van der Waals surface area contributed by atoms with Crippen LogP contribution in [0.25, 0.3) is 5.57 Å². The van der Waals surface area contributed by atoms with E-state index in [1.165, 1.54) is 35.5 Å². The third kappa shape index (κ3) is 4.66. The number of fused-ring (bicyclic) bond motifs is 1. The molecule has 0 N–H and O–H groups in total. The number of hydrogen-bond donors (Lipinski definition) is 0. The SMILES string of the molecule is COC(=O)C(CN1C(=O)c2ccccc2C1=O)=C(c1ccc(OC)c(OC)c1)c1ccc(OC)c(OC)c1. The number of esters is 1. The van der Waals surface area contributed by atoms with E-state index in [0.717, 1.165) is 4.90 Å². The molecule has 1 aliphatic rings. The maximum atomic E-state index is 13.3. The topological polar surface area (TPSA) is 101 Å². The van der Waals surface area contributed by atoms with Gasteiger partial charge in [0.15, 0.2) is 23.0 Å². The van der Waals surface area contributed by atoms with Crippen LogP contribution in [0, 0.1) is 0 Å². The zero-order valence-corrected chi connectivity index (χ0v) is 21.7. The van der Waals surface area contributed by atoms with E-state index in [4.69, 9.17) is 23.7 Å². The minimum absolute atomic E-state index is 0.0847. The summed E-state index contributed by atoms with van der Waals surface area (Å²) in [5.41, 5.74) is 2.18.